The van der Waals surface area contributed by atoms with E-state index in [1.54, 1.807) is 6.07 Å². The van der Waals surface area contributed by atoms with Crippen LogP contribution in [0.4, 0.5) is 9.39 Å². The van der Waals surface area contributed by atoms with Crippen LogP contribution >= 0.6 is 11.3 Å². The van der Waals surface area contributed by atoms with Crippen molar-refractivity contribution in [1.82, 2.24) is 0 Å². The molecule has 0 fully saturated rings. The second-order valence-electron chi connectivity index (χ2n) is 4.60. The Morgan fingerprint density at radius 2 is 2.35 bits per heavy atom. The van der Waals surface area contributed by atoms with Gasteiger partial charge in [-0.2, -0.15) is 0 Å². The van der Waals surface area contributed by atoms with Crippen LogP contribution in [0.25, 0.3) is 0 Å². The van der Waals surface area contributed by atoms with Gasteiger partial charge in [-0.1, -0.05) is 16.5 Å². The summed E-state index contributed by atoms with van der Waals surface area (Å²) in [6.45, 7) is 0.403. The highest BCUT2D eigenvalue weighted by Gasteiger charge is 2.17. The first-order valence-electron chi connectivity index (χ1n) is 6.55. The number of thiophene rings is 1. The molecule has 0 N–H and O–H groups in total. The Bertz CT molecular complexity index is 762. The molecule has 0 amide bonds. The van der Waals surface area contributed by atoms with Crippen LogP contribution in [0.5, 0.6) is 5.75 Å². The molecule has 1 aliphatic rings. The number of halogens is 1. The number of fused-ring (bicyclic) bond motifs is 1. The van der Waals surface area contributed by atoms with Crippen LogP contribution in [0.15, 0.2) is 29.4 Å². The van der Waals surface area contributed by atoms with Gasteiger partial charge >= 0.3 is 5.00 Å². The maximum absolute atomic E-state index is 13.5. The normalized spacial score (nSPS) is 13.6. The number of oxime groups is 1. The Morgan fingerprint density at radius 3 is 3.13 bits per heavy atom. The molecule has 0 radical (unpaired) electrons. The molecule has 0 aliphatic carbocycles. The average Bonchev–Trinajstić information content (AvgIpc) is 3.00. The molecule has 1 aromatic carbocycles. The zero-order chi connectivity index (χ0) is 16.2. The lowest BCUT2D eigenvalue weighted by molar-refractivity contribution is -0.380. The van der Waals surface area contributed by atoms with Crippen molar-refractivity contribution in [2.75, 3.05) is 6.79 Å². The van der Waals surface area contributed by atoms with E-state index in [-0.39, 0.29) is 25.0 Å². The highest BCUT2D eigenvalue weighted by Crippen LogP contribution is 2.30. The monoisotopic (exact) mass is 338 g/mol. The lowest BCUT2D eigenvalue weighted by Crippen LogP contribution is -2.13. The van der Waals surface area contributed by atoms with Crippen molar-refractivity contribution < 1.29 is 23.6 Å². The summed E-state index contributed by atoms with van der Waals surface area (Å²) in [4.78, 5) is 15.8. The van der Waals surface area contributed by atoms with Crippen LogP contribution < -0.4 is 4.74 Å². The van der Waals surface area contributed by atoms with Gasteiger partial charge in [-0.25, -0.2) is 4.39 Å². The molecule has 2 aromatic rings. The second-order valence-corrected chi connectivity index (χ2v) is 5.70. The molecule has 120 valence electrons. The average molecular weight is 338 g/mol. The fraction of sp³-hybridized carbons (Fsp3) is 0.214. The number of hydrogen-bond donors (Lipinski definition) is 0. The topological polar surface area (TPSA) is 83.2 Å². The lowest BCUT2D eigenvalue weighted by Gasteiger charge is -2.20. The Hall–Kier alpha value is -2.52. The predicted molar refractivity (Wildman–Crippen MR) is 80.0 cm³/mol. The Morgan fingerprint density at radius 1 is 1.48 bits per heavy atom. The molecular formula is C14H11FN2O5S. The summed E-state index contributed by atoms with van der Waals surface area (Å²) in [5.41, 5.74) is 1.14. The number of nitro groups is 1. The van der Waals surface area contributed by atoms with Crippen LogP contribution in [-0.4, -0.2) is 17.9 Å². The van der Waals surface area contributed by atoms with Gasteiger partial charge in [0.15, 0.2) is 6.79 Å². The fourth-order valence-electron chi connectivity index (χ4n) is 2.07. The summed E-state index contributed by atoms with van der Waals surface area (Å²) < 4.78 is 24.0. The number of rotatable bonds is 5. The molecule has 0 bridgehead atoms. The van der Waals surface area contributed by atoms with Crippen LogP contribution in [0, 0.1) is 15.9 Å². The van der Waals surface area contributed by atoms with E-state index < -0.39 is 10.7 Å². The van der Waals surface area contributed by atoms with Crippen LogP contribution in [0.2, 0.25) is 0 Å². The fourth-order valence-corrected chi connectivity index (χ4v) is 2.75. The summed E-state index contributed by atoms with van der Waals surface area (Å²) >= 11 is 0.983. The predicted octanol–water partition coefficient (Wildman–Crippen LogP) is 3.21. The maximum atomic E-state index is 13.5. The van der Waals surface area contributed by atoms with Crippen LogP contribution in [-0.2, 0) is 22.8 Å². The molecule has 1 aliphatic heterocycles. The van der Waals surface area contributed by atoms with E-state index in [2.05, 4.69) is 5.16 Å². The Kier molecular flexibility index (Phi) is 4.49. The van der Waals surface area contributed by atoms with E-state index in [0.29, 0.717) is 21.8 Å². The van der Waals surface area contributed by atoms with Gasteiger partial charge in [0.25, 0.3) is 0 Å². The van der Waals surface area contributed by atoms with E-state index in [1.165, 1.54) is 24.4 Å². The second kappa shape index (κ2) is 6.71. The highest BCUT2D eigenvalue weighted by atomic mass is 32.1. The van der Waals surface area contributed by atoms with Gasteiger partial charge in [0.2, 0.25) is 0 Å². The van der Waals surface area contributed by atoms with E-state index in [9.17, 15) is 14.5 Å². The number of benzene rings is 1. The minimum Gasteiger partial charge on any atom is -0.467 e. The number of nitrogens with zero attached hydrogens (tertiary/aromatic N) is 2. The zero-order valence-electron chi connectivity index (χ0n) is 11.7. The standard InChI is InChI=1S/C14H11FN2O5S/c15-11-3-9-6-20-8-21-14(9)10(4-11)7-22-16-5-12-1-2-13(23-12)17(18)19/h1-5H,6-8H2/b16-5+. The number of ether oxygens (including phenoxy) is 2. The summed E-state index contributed by atoms with van der Waals surface area (Å²) in [5.74, 6) is 0.133. The van der Waals surface area contributed by atoms with E-state index >= 15 is 0 Å². The Balaban J connectivity index is 1.65. The SMILES string of the molecule is O=[N+]([O-])c1ccc(/C=N/OCc2cc(F)cc3c2OCOC3)s1. The summed E-state index contributed by atoms with van der Waals surface area (Å²) in [7, 11) is 0. The number of hydrogen-bond acceptors (Lipinski definition) is 7. The maximum Gasteiger partial charge on any atom is 0.324 e. The first-order chi connectivity index (χ1) is 11.1. The molecule has 9 heteroatoms. The third-order valence-electron chi connectivity index (χ3n) is 3.02. The van der Waals surface area contributed by atoms with Crippen molar-refractivity contribution >= 4 is 22.6 Å². The van der Waals surface area contributed by atoms with E-state index in [4.69, 9.17) is 14.3 Å². The molecule has 7 nitrogen and oxygen atoms in total. The molecule has 0 spiro atoms. The van der Waals surface area contributed by atoms with Crippen LogP contribution in [0.1, 0.15) is 16.0 Å². The van der Waals surface area contributed by atoms with Crippen molar-refractivity contribution in [3.63, 3.8) is 0 Å². The molecule has 0 unspecified atom stereocenters. The molecule has 2 heterocycles. The van der Waals surface area contributed by atoms with Gasteiger partial charge in [-0.3, -0.25) is 10.1 Å². The zero-order valence-corrected chi connectivity index (χ0v) is 12.5. The Labute approximate surface area is 134 Å². The third kappa shape index (κ3) is 3.63. The molecule has 1 aromatic heterocycles. The van der Waals surface area contributed by atoms with Gasteiger partial charge in [-0.15, -0.1) is 0 Å². The smallest absolute Gasteiger partial charge is 0.324 e. The summed E-state index contributed by atoms with van der Waals surface area (Å²) in [6.07, 6.45) is 1.37. The van der Waals surface area contributed by atoms with Gasteiger partial charge in [0.1, 0.15) is 18.2 Å². The van der Waals surface area contributed by atoms with Crippen molar-refractivity contribution in [3.8, 4) is 5.75 Å². The van der Waals surface area contributed by atoms with Crippen molar-refractivity contribution in [1.29, 1.82) is 0 Å². The molecule has 0 atom stereocenters. The first-order valence-corrected chi connectivity index (χ1v) is 7.36. The van der Waals surface area contributed by atoms with E-state index in [1.807, 2.05) is 0 Å². The molecule has 3 rings (SSSR count). The lowest BCUT2D eigenvalue weighted by atomic mass is 10.1. The highest BCUT2D eigenvalue weighted by molar-refractivity contribution is 7.16. The van der Waals surface area contributed by atoms with Crippen LogP contribution in [0.3, 0.4) is 0 Å². The summed E-state index contributed by atoms with van der Waals surface area (Å²) in [6, 6.07) is 5.63. The van der Waals surface area contributed by atoms with Gasteiger partial charge in [0, 0.05) is 17.2 Å². The van der Waals surface area contributed by atoms with Crippen molar-refractivity contribution in [2.24, 2.45) is 5.16 Å². The van der Waals surface area contributed by atoms with Gasteiger partial charge in [-0.05, 0) is 18.2 Å². The van der Waals surface area contributed by atoms with Gasteiger partial charge in [0.05, 0.1) is 22.6 Å². The van der Waals surface area contributed by atoms with Crippen molar-refractivity contribution in [2.45, 2.75) is 13.2 Å². The van der Waals surface area contributed by atoms with Gasteiger partial charge < -0.3 is 14.3 Å². The molecule has 23 heavy (non-hydrogen) atoms. The van der Waals surface area contributed by atoms with E-state index in [0.717, 1.165) is 11.3 Å². The van der Waals surface area contributed by atoms with Crippen molar-refractivity contribution in [3.05, 3.63) is 56.2 Å². The largest absolute Gasteiger partial charge is 0.467 e. The molecule has 0 saturated carbocycles. The summed E-state index contributed by atoms with van der Waals surface area (Å²) in [5, 5.41) is 14.3. The molecule has 0 saturated heterocycles. The minimum atomic E-state index is -0.471. The third-order valence-corrected chi connectivity index (χ3v) is 3.99. The molecular weight excluding hydrogens is 327 g/mol. The first kappa shape index (κ1) is 15.4. The minimum absolute atomic E-state index is 0.0179. The quantitative estimate of drug-likeness (QED) is 0.475.